The van der Waals surface area contributed by atoms with Gasteiger partial charge in [0.2, 0.25) is 0 Å². The SMILES string of the molecule is CCNC(=NCCCCN1CCN(C)CC1)NC1CCN(c2cc(OC)cc(OC)c2)C1. The van der Waals surface area contributed by atoms with Crippen molar-refractivity contribution < 1.29 is 9.47 Å². The standard InChI is InChI=1S/C24H42N6O2/c1-5-25-24(26-9-6-7-10-29-14-12-28(2)13-15-29)27-20-8-11-30(19-20)21-16-22(31-3)18-23(17-21)32-4/h16-18,20H,5-15,19H2,1-4H3,(H2,25,26,27). The van der Waals surface area contributed by atoms with Crippen LogP contribution in [0.4, 0.5) is 5.69 Å². The number of methoxy groups -OCH3 is 2. The topological polar surface area (TPSA) is 64.6 Å². The quantitative estimate of drug-likeness (QED) is 0.323. The van der Waals surface area contributed by atoms with Crippen LogP contribution in [0, 0.1) is 0 Å². The molecule has 1 unspecified atom stereocenters. The van der Waals surface area contributed by atoms with Gasteiger partial charge in [0.1, 0.15) is 11.5 Å². The average Bonchev–Trinajstić information content (AvgIpc) is 3.28. The van der Waals surface area contributed by atoms with E-state index in [-0.39, 0.29) is 0 Å². The molecule has 1 atom stereocenters. The highest BCUT2D eigenvalue weighted by Gasteiger charge is 2.24. The largest absolute Gasteiger partial charge is 0.497 e. The van der Waals surface area contributed by atoms with E-state index in [1.807, 2.05) is 6.07 Å². The molecule has 32 heavy (non-hydrogen) atoms. The number of likely N-dealkylation sites (N-methyl/N-ethyl adjacent to an activating group) is 1. The van der Waals surface area contributed by atoms with Gasteiger partial charge in [-0.3, -0.25) is 4.99 Å². The molecule has 2 heterocycles. The maximum atomic E-state index is 5.43. The summed E-state index contributed by atoms with van der Waals surface area (Å²) in [5.74, 6) is 2.58. The molecule has 180 valence electrons. The van der Waals surface area contributed by atoms with Crippen molar-refractivity contribution >= 4 is 11.6 Å². The van der Waals surface area contributed by atoms with Crippen LogP contribution >= 0.6 is 0 Å². The minimum atomic E-state index is 0.371. The fourth-order valence-corrected chi connectivity index (χ4v) is 4.31. The smallest absolute Gasteiger partial charge is 0.191 e. The fourth-order valence-electron chi connectivity index (χ4n) is 4.31. The summed E-state index contributed by atoms with van der Waals surface area (Å²) in [6, 6.07) is 6.43. The van der Waals surface area contributed by atoms with E-state index in [1.54, 1.807) is 14.2 Å². The summed E-state index contributed by atoms with van der Waals surface area (Å²) < 4.78 is 10.9. The van der Waals surface area contributed by atoms with Gasteiger partial charge in [-0.1, -0.05) is 0 Å². The Bertz CT molecular complexity index is 698. The molecule has 0 amide bonds. The minimum Gasteiger partial charge on any atom is -0.497 e. The van der Waals surface area contributed by atoms with Crippen molar-refractivity contribution in [3.05, 3.63) is 18.2 Å². The summed E-state index contributed by atoms with van der Waals surface area (Å²) in [5.41, 5.74) is 1.14. The van der Waals surface area contributed by atoms with Gasteiger partial charge in [0, 0.05) is 82.3 Å². The fraction of sp³-hybridized carbons (Fsp3) is 0.708. The first-order valence-electron chi connectivity index (χ1n) is 12.0. The zero-order chi connectivity index (χ0) is 22.8. The highest BCUT2D eigenvalue weighted by atomic mass is 16.5. The lowest BCUT2D eigenvalue weighted by molar-refractivity contribution is 0.152. The van der Waals surface area contributed by atoms with Crippen molar-refractivity contribution in [2.75, 3.05) is 85.1 Å². The Hall–Kier alpha value is -2.19. The number of nitrogens with zero attached hydrogens (tertiary/aromatic N) is 4. The number of nitrogens with one attached hydrogen (secondary N) is 2. The number of anilines is 1. The number of ether oxygens (including phenoxy) is 2. The third-order valence-corrected chi connectivity index (χ3v) is 6.32. The predicted octanol–water partition coefficient (Wildman–Crippen LogP) is 1.87. The highest BCUT2D eigenvalue weighted by Crippen LogP contribution is 2.30. The monoisotopic (exact) mass is 446 g/mol. The number of hydrogen-bond acceptors (Lipinski definition) is 6. The molecule has 1 aromatic carbocycles. The van der Waals surface area contributed by atoms with Gasteiger partial charge >= 0.3 is 0 Å². The van der Waals surface area contributed by atoms with E-state index in [4.69, 9.17) is 14.5 Å². The highest BCUT2D eigenvalue weighted by molar-refractivity contribution is 5.80. The predicted molar refractivity (Wildman–Crippen MR) is 132 cm³/mol. The Labute approximate surface area is 193 Å². The van der Waals surface area contributed by atoms with Crippen molar-refractivity contribution in [1.82, 2.24) is 20.4 Å². The molecule has 2 fully saturated rings. The second-order valence-electron chi connectivity index (χ2n) is 8.76. The second kappa shape index (κ2) is 12.7. The molecule has 0 aromatic heterocycles. The molecule has 1 aromatic rings. The first-order valence-corrected chi connectivity index (χ1v) is 12.0. The molecular weight excluding hydrogens is 404 g/mol. The number of guanidine groups is 1. The molecule has 0 radical (unpaired) electrons. The lowest BCUT2D eigenvalue weighted by Crippen LogP contribution is -2.45. The van der Waals surface area contributed by atoms with Crippen LogP contribution < -0.4 is 25.0 Å². The summed E-state index contributed by atoms with van der Waals surface area (Å²) in [7, 11) is 5.59. The molecule has 0 spiro atoms. The zero-order valence-corrected chi connectivity index (χ0v) is 20.4. The molecule has 2 saturated heterocycles. The van der Waals surface area contributed by atoms with Crippen LogP contribution in [0.15, 0.2) is 23.2 Å². The van der Waals surface area contributed by atoms with Crippen LogP contribution in [0.2, 0.25) is 0 Å². The van der Waals surface area contributed by atoms with Gasteiger partial charge in [-0.05, 0) is 39.8 Å². The number of aliphatic imine (C=N–C) groups is 1. The molecule has 8 nitrogen and oxygen atoms in total. The van der Waals surface area contributed by atoms with Crippen LogP contribution in [-0.2, 0) is 0 Å². The van der Waals surface area contributed by atoms with Crippen LogP contribution in [0.1, 0.15) is 26.2 Å². The molecule has 2 aliphatic rings. The van der Waals surface area contributed by atoms with Crippen molar-refractivity contribution in [3.8, 4) is 11.5 Å². The molecule has 2 aliphatic heterocycles. The summed E-state index contributed by atoms with van der Waals surface area (Å²) in [5, 5.41) is 7.05. The lowest BCUT2D eigenvalue weighted by atomic mass is 10.2. The number of unbranched alkanes of at least 4 members (excludes halogenated alkanes) is 1. The summed E-state index contributed by atoms with van der Waals surface area (Å²) in [6.45, 7) is 11.7. The van der Waals surface area contributed by atoms with E-state index in [9.17, 15) is 0 Å². The van der Waals surface area contributed by atoms with E-state index in [1.165, 1.54) is 39.1 Å². The van der Waals surface area contributed by atoms with Crippen molar-refractivity contribution in [3.63, 3.8) is 0 Å². The number of rotatable bonds is 10. The van der Waals surface area contributed by atoms with Crippen LogP contribution in [-0.4, -0.2) is 102 Å². The first kappa shape index (κ1) is 24.5. The van der Waals surface area contributed by atoms with Gasteiger partial charge in [0.25, 0.3) is 0 Å². The molecular formula is C24H42N6O2. The van der Waals surface area contributed by atoms with Gasteiger partial charge in [-0.25, -0.2) is 0 Å². The maximum Gasteiger partial charge on any atom is 0.191 e. The maximum absolute atomic E-state index is 5.43. The van der Waals surface area contributed by atoms with Crippen molar-refractivity contribution in [2.45, 2.75) is 32.2 Å². The Morgan fingerprint density at radius 1 is 1.03 bits per heavy atom. The van der Waals surface area contributed by atoms with E-state index in [0.29, 0.717) is 6.04 Å². The normalized spacial score (nSPS) is 20.4. The molecule has 0 saturated carbocycles. The number of piperazine rings is 1. The molecule has 0 aliphatic carbocycles. The van der Waals surface area contributed by atoms with Crippen LogP contribution in [0.25, 0.3) is 0 Å². The molecule has 2 N–H and O–H groups in total. The third-order valence-electron chi connectivity index (χ3n) is 6.32. The molecule has 3 rings (SSSR count). The van der Waals surface area contributed by atoms with Gasteiger partial charge in [-0.15, -0.1) is 0 Å². The van der Waals surface area contributed by atoms with Crippen LogP contribution in [0.5, 0.6) is 11.5 Å². The van der Waals surface area contributed by atoms with Crippen molar-refractivity contribution in [2.24, 2.45) is 4.99 Å². The Kier molecular flexibility index (Phi) is 9.74. The average molecular weight is 447 g/mol. The number of hydrogen-bond donors (Lipinski definition) is 2. The first-order chi connectivity index (χ1) is 15.6. The van der Waals surface area contributed by atoms with E-state index < -0.39 is 0 Å². The Morgan fingerprint density at radius 2 is 1.75 bits per heavy atom. The van der Waals surface area contributed by atoms with Crippen molar-refractivity contribution in [1.29, 1.82) is 0 Å². The minimum absolute atomic E-state index is 0.371. The molecule has 0 bridgehead atoms. The summed E-state index contributed by atoms with van der Waals surface area (Å²) in [6.07, 6.45) is 3.41. The van der Waals surface area contributed by atoms with E-state index >= 15 is 0 Å². The van der Waals surface area contributed by atoms with Gasteiger partial charge < -0.3 is 34.8 Å². The second-order valence-corrected chi connectivity index (χ2v) is 8.76. The Morgan fingerprint density at radius 3 is 2.41 bits per heavy atom. The summed E-state index contributed by atoms with van der Waals surface area (Å²) >= 11 is 0. The van der Waals surface area contributed by atoms with E-state index in [2.05, 4.69) is 51.4 Å². The zero-order valence-electron chi connectivity index (χ0n) is 20.4. The molecule has 8 heteroatoms. The summed E-state index contributed by atoms with van der Waals surface area (Å²) in [4.78, 5) is 12.2. The lowest BCUT2D eigenvalue weighted by Gasteiger charge is -2.32. The number of benzene rings is 1. The third kappa shape index (κ3) is 7.45. The van der Waals surface area contributed by atoms with E-state index in [0.717, 1.165) is 62.2 Å². The van der Waals surface area contributed by atoms with Gasteiger partial charge in [-0.2, -0.15) is 0 Å². The Balaban J connectivity index is 1.44. The van der Waals surface area contributed by atoms with Gasteiger partial charge in [0.15, 0.2) is 5.96 Å². The van der Waals surface area contributed by atoms with Crippen LogP contribution in [0.3, 0.4) is 0 Å². The van der Waals surface area contributed by atoms with Gasteiger partial charge in [0.05, 0.1) is 14.2 Å².